The van der Waals surface area contributed by atoms with Gasteiger partial charge in [-0.1, -0.05) is 83.9 Å². The van der Waals surface area contributed by atoms with Crippen molar-refractivity contribution in [2.24, 2.45) is 0 Å². The van der Waals surface area contributed by atoms with Gasteiger partial charge in [0.15, 0.2) is 32.6 Å². The van der Waals surface area contributed by atoms with E-state index in [1.165, 1.54) is 49.7 Å². The number of benzene rings is 12. The number of fused-ring (bicyclic) bond motifs is 6. The summed E-state index contributed by atoms with van der Waals surface area (Å²) in [5.74, 6) is 4.27. The molecule has 0 spiro atoms. The van der Waals surface area contributed by atoms with Gasteiger partial charge in [0, 0.05) is 248 Å². The van der Waals surface area contributed by atoms with Gasteiger partial charge in [0.1, 0.15) is 34.5 Å². The van der Waals surface area contributed by atoms with Crippen molar-refractivity contribution in [1.29, 1.82) is 0 Å². The smallest absolute Gasteiger partial charge is 0.190 e. The summed E-state index contributed by atoms with van der Waals surface area (Å²) < 4.78 is 48.6. The van der Waals surface area contributed by atoms with E-state index < -0.39 is 0 Å². The summed E-state index contributed by atoms with van der Waals surface area (Å²) in [6.07, 6.45) is 7.34. The zero-order valence-electron chi connectivity index (χ0n) is 85.3. The first-order valence-electron chi connectivity index (χ1n) is 50.9. The molecule has 0 bridgehead atoms. The van der Waals surface area contributed by atoms with E-state index in [9.17, 15) is 28.8 Å². The number of nitrogens with zero attached hydrogens (tertiary/aromatic N) is 6. The molecular weight excluding hydrogens is 1870 g/mol. The van der Waals surface area contributed by atoms with E-state index >= 15 is 0 Å². The standard InChI is InChI=1S/C21H22N2O4.C21H22N2O3.C20H20N2O3.2C20H20N2O2.C20H20N2O/c1-25-15-4-6-21(26-2)17(12-15)19-13-20(24)16-11-14(3-5-18(16)22-19)23-7-9-27-10-8-23;1-25-15-6-8-21(26-2)17(12-15)19-13-20(24)16-11-14(5-7-18(16)22-19)23-9-3-4-10-23;1-24-20-5-3-2-4-15(20)18-13-19(23)16-12-14(6-7-17(16)21-18)22-8-10-25-11-9-22;1-14-2-4-15(5-3-14)19-13-20(23)17-12-16(6-7-18(17)21-19)22-8-10-24-11-9-22;1-24-20-7-3-2-6-15(20)18-13-19(23)16-12-14(8-9-17(16)21-18)22-10-4-5-11-22;1-14-4-6-15(7-5-14)19-13-20(23)17-12-16(8-9-18(17)21-19)22-10-2-3-11-22/h3-6,11-13H,7-10H2,1-2H3,(H,22,24);5-8,11-13H,3-4,9-10H2,1-2H3,(H,22,24);2-7,12-13H,8-11H2,1H3,(H,21,23);2-7,12-13H,8-11H2,1H3,(H,21,23);2-3,6-9,12-13H,4-5,10-11H2,1H3,(H,21,23);4-9,12-13H,2-3,10-11H2,1H3,(H,21,23). The average Bonchev–Trinajstić information content (AvgIpc) is 1.60. The van der Waals surface area contributed by atoms with Crippen molar-refractivity contribution in [3.8, 4) is 102 Å². The van der Waals surface area contributed by atoms with Crippen LogP contribution in [0.5, 0.6) is 34.5 Å². The number of aryl methyl sites for hydroxylation is 2. The maximum Gasteiger partial charge on any atom is 0.190 e. The molecule has 0 saturated carbocycles. The quantitative estimate of drug-likeness (QED) is 0.0465. The minimum atomic E-state index is -0.0290. The van der Waals surface area contributed by atoms with Crippen LogP contribution in [0.3, 0.4) is 0 Å². The Balaban J connectivity index is 0.000000112. The first kappa shape index (κ1) is 101. The van der Waals surface area contributed by atoms with Crippen LogP contribution in [0.15, 0.2) is 308 Å². The summed E-state index contributed by atoms with van der Waals surface area (Å²) in [5.41, 5.74) is 24.3. The molecule has 18 aromatic rings. The predicted molar refractivity (Wildman–Crippen MR) is 602 cm³/mol. The lowest BCUT2D eigenvalue weighted by Gasteiger charge is -2.29. The zero-order valence-corrected chi connectivity index (χ0v) is 85.3. The van der Waals surface area contributed by atoms with Crippen molar-refractivity contribution in [2.45, 2.75) is 52.4 Å². The maximum absolute atomic E-state index is 12.8. The summed E-state index contributed by atoms with van der Waals surface area (Å²) in [6.45, 7) is 20.0. The lowest BCUT2D eigenvalue weighted by Crippen LogP contribution is -2.36. The molecule has 6 aromatic heterocycles. The molecule has 6 aliphatic rings. The number of aromatic nitrogens is 6. The highest BCUT2D eigenvalue weighted by Gasteiger charge is 2.24. The normalized spacial score (nSPS) is 14.5. The number of hydrogen-bond acceptors (Lipinski definition) is 21. The van der Waals surface area contributed by atoms with Crippen molar-refractivity contribution in [2.75, 3.05) is 190 Å². The second kappa shape index (κ2) is 46.8. The molecule has 0 amide bonds. The van der Waals surface area contributed by atoms with Gasteiger partial charge in [-0.15, -0.1) is 0 Å². The van der Waals surface area contributed by atoms with Crippen LogP contribution < -0.4 is 90.4 Å². The van der Waals surface area contributed by atoms with Crippen LogP contribution in [0.2, 0.25) is 0 Å². The van der Waals surface area contributed by atoms with Crippen molar-refractivity contribution in [1.82, 2.24) is 29.9 Å². The molecule has 0 atom stereocenters. The van der Waals surface area contributed by atoms with Gasteiger partial charge in [0.2, 0.25) is 0 Å². The molecule has 12 aromatic carbocycles. The number of aromatic amines is 6. The van der Waals surface area contributed by atoms with Crippen LogP contribution in [0.1, 0.15) is 49.7 Å². The Bertz CT molecular complexity index is 8230. The monoisotopic (exact) mass is 2000 g/mol. The van der Waals surface area contributed by atoms with Crippen molar-refractivity contribution in [3.63, 3.8) is 0 Å². The Labute approximate surface area is 863 Å². The third kappa shape index (κ3) is 23.4. The Morgan fingerprint density at radius 3 is 0.685 bits per heavy atom. The van der Waals surface area contributed by atoms with E-state index in [0.717, 1.165) is 256 Å². The van der Waals surface area contributed by atoms with Crippen LogP contribution in [-0.2, 0) is 14.2 Å². The van der Waals surface area contributed by atoms with E-state index in [1.54, 1.807) is 79.1 Å². The maximum atomic E-state index is 12.8. The van der Waals surface area contributed by atoms with Crippen molar-refractivity contribution < 1.29 is 42.6 Å². The third-order valence-corrected chi connectivity index (χ3v) is 28.3. The molecule has 6 fully saturated rings. The van der Waals surface area contributed by atoms with Crippen LogP contribution in [0, 0.1) is 13.8 Å². The average molecular weight is 2000 g/mol. The van der Waals surface area contributed by atoms with Gasteiger partial charge < -0.3 is 102 Å². The van der Waals surface area contributed by atoms with Crippen LogP contribution in [-0.4, -0.2) is 191 Å². The molecule has 24 rings (SSSR count). The second-order valence-electron chi connectivity index (χ2n) is 37.8. The van der Waals surface area contributed by atoms with E-state index in [1.807, 2.05) is 188 Å². The van der Waals surface area contributed by atoms with Gasteiger partial charge in [-0.05, 0) is 233 Å². The van der Waals surface area contributed by atoms with Crippen LogP contribution in [0.4, 0.5) is 34.1 Å². The molecule has 27 nitrogen and oxygen atoms in total. The number of methoxy groups -OCH3 is 6. The van der Waals surface area contributed by atoms with Crippen molar-refractivity contribution >= 4 is 99.5 Å². The van der Waals surface area contributed by atoms with Gasteiger partial charge in [-0.3, -0.25) is 28.8 Å². The Morgan fingerprint density at radius 2 is 0.436 bits per heavy atom. The Hall–Kier alpha value is -16.6. The molecule has 149 heavy (non-hydrogen) atoms. The van der Waals surface area contributed by atoms with Gasteiger partial charge >= 0.3 is 0 Å². The first-order valence-corrected chi connectivity index (χ1v) is 50.9. The fraction of sp³-hybridized carbons (Fsp3) is 0.262. The molecule has 762 valence electrons. The minimum Gasteiger partial charge on any atom is -0.497 e. The highest BCUT2D eigenvalue weighted by atomic mass is 16.5. The Morgan fingerprint density at radius 1 is 0.215 bits per heavy atom. The summed E-state index contributed by atoms with van der Waals surface area (Å²) >= 11 is 0. The molecule has 27 heteroatoms. The van der Waals surface area contributed by atoms with E-state index in [0.29, 0.717) is 63.8 Å². The van der Waals surface area contributed by atoms with E-state index in [2.05, 4.69) is 128 Å². The summed E-state index contributed by atoms with van der Waals surface area (Å²) in [7, 11) is 9.73. The van der Waals surface area contributed by atoms with E-state index in [4.69, 9.17) is 42.6 Å². The number of anilines is 6. The van der Waals surface area contributed by atoms with Crippen LogP contribution >= 0.6 is 0 Å². The number of pyridine rings is 6. The molecule has 6 saturated heterocycles. The van der Waals surface area contributed by atoms with Crippen LogP contribution in [0.25, 0.3) is 133 Å². The highest BCUT2D eigenvalue weighted by Crippen LogP contribution is 2.39. The topological polar surface area (TPSA) is 300 Å². The summed E-state index contributed by atoms with van der Waals surface area (Å²) in [4.78, 5) is 110. The summed E-state index contributed by atoms with van der Waals surface area (Å²) in [6, 6.07) is 89.1. The molecule has 0 aliphatic carbocycles. The predicted octanol–water partition coefficient (Wildman–Crippen LogP) is 21.1. The fourth-order valence-corrected chi connectivity index (χ4v) is 20.1. The second-order valence-corrected chi connectivity index (χ2v) is 37.8. The Kier molecular flexibility index (Phi) is 31.8. The lowest BCUT2D eigenvalue weighted by molar-refractivity contribution is 0.122. The van der Waals surface area contributed by atoms with E-state index in [-0.39, 0.29) is 32.6 Å². The van der Waals surface area contributed by atoms with Gasteiger partial charge in [-0.2, -0.15) is 0 Å². The molecule has 0 radical (unpaired) electrons. The number of hydrogen-bond donors (Lipinski definition) is 6. The van der Waals surface area contributed by atoms with Gasteiger partial charge in [-0.25, -0.2) is 0 Å². The number of morpholine rings is 3. The zero-order chi connectivity index (χ0) is 103. The molecule has 6 N–H and O–H groups in total. The molecular formula is C122H124N12O15. The minimum absolute atomic E-state index is 0.000306. The molecule has 12 heterocycles. The number of H-pyrrole nitrogens is 6. The number of nitrogens with one attached hydrogen (secondary N) is 6. The number of ether oxygens (including phenoxy) is 9. The summed E-state index contributed by atoms with van der Waals surface area (Å²) in [5, 5.41) is 4.31. The lowest BCUT2D eigenvalue weighted by atomic mass is 10.1. The van der Waals surface area contributed by atoms with Crippen molar-refractivity contribution in [3.05, 3.63) is 352 Å². The fourth-order valence-electron chi connectivity index (χ4n) is 20.1. The van der Waals surface area contributed by atoms with Gasteiger partial charge in [0.05, 0.1) is 105 Å². The number of para-hydroxylation sites is 2. The third-order valence-electron chi connectivity index (χ3n) is 28.3. The first-order chi connectivity index (χ1) is 72.8. The largest absolute Gasteiger partial charge is 0.497 e. The molecule has 6 aliphatic heterocycles. The number of rotatable bonds is 18. The highest BCUT2D eigenvalue weighted by molar-refractivity contribution is 5.92. The molecule has 0 unspecified atom stereocenters. The van der Waals surface area contributed by atoms with Gasteiger partial charge in [0.25, 0.3) is 0 Å². The SMILES string of the molecule is COc1ccc(OC)c(-c2cc(=O)c3cc(N4CCCC4)ccc3[nH]2)c1.COc1ccc(OC)c(-c2cc(=O)c3cc(N4CCOCC4)ccc3[nH]2)c1.COc1ccccc1-c1cc(=O)c2cc(N3CCCC3)ccc2[nH]1.COc1ccccc1-c1cc(=O)c2cc(N3CCOCC3)ccc2[nH]1.Cc1ccc(-c2cc(=O)c3cc(N4CCCC4)ccc3[nH]2)cc1.Cc1ccc(-c2cc(=O)c3cc(N4CCOCC4)ccc3[nH]2)cc1.